The minimum Gasteiger partial charge on any atom is -0.484 e. The van der Waals surface area contributed by atoms with Crippen LogP contribution in [0.2, 0.25) is 0 Å². The second-order valence-corrected chi connectivity index (χ2v) is 10.6. The molecule has 0 saturated carbocycles. The summed E-state index contributed by atoms with van der Waals surface area (Å²) in [6.45, 7) is 3.01. The lowest BCUT2D eigenvalue weighted by Gasteiger charge is -2.36. The van der Waals surface area contributed by atoms with Crippen LogP contribution in [0.15, 0.2) is 83.8 Å². The number of ether oxygens (including phenoxy) is 1. The largest absolute Gasteiger partial charge is 0.484 e. The van der Waals surface area contributed by atoms with E-state index in [1.807, 2.05) is 35.2 Å². The lowest BCUT2D eigenvalue weighted by molar-refractivity contribution is -0.137. The second kappa shape index (κ2) is 11.4. The summed E-state index contributed by atoms with van der Waals surface area (Å²) in [6, 6.07) is 19.7. The molecule has 0 bridgehead atoms. The van der Waals surface area contributed by atoms with Crippen molar-refractivity contribution in [1.29, 1.82) is 0 Å². The molecule has 0 spiro atoms. The minimum absolute atomic E-state index is 0.0738. The number of sulfonamides is 1. The van der Waals surface area contributed by atoms with Gasteiger partial charge in [0.25, 0.3) is 5.91 Å². The predicted molar refractivity (Wildman–Crippen MR) is 137 cm³/mol. The highest BCUT2D eigenvalue weighted by atomic mass is 32.2. The summed E-state index contributed by atoms with van der Waals surface area (Å²) in [7, 11) is -3.76. The molecule has 0 aliphatic carbocycles. The average molecular weight is 548 g/mol. The molecule has 1 aliphatic rings. The quantitative estimate of drug-likeness (QED) is 0.450. The Kier molecular flexibility index (Phi) is 8.27. The summed E-state index contributed by atoms with van der Waals surface area (Å²) in [5.41, 5.74) is 0.596. The molecule has 4 rings (SSSR count). The van der Waals surface area contributed by atoms with E-state index in [1.54, 1.807) is 17.9 Å². The maximum atomic E-state index is 13.0. The first-order valence-corrected chi connectivity index (χ1v) is 13.5. The summed E-state index contributed by atoms with van der Waals surface area (Å²) in [5.74, 6) is 0.0831. The second-order valence-electron chi connectivity index (χ2n) is 8.93. The van der Waals surface area contributed by atoms with Crippen molar-refractivity contribution < 1.29 is 31.1 Å². The number of nitrogens with zero attached hydrogens (tertiary/aromatic N) is 2. The molecule has 38 heavy (non-hydrogen) atoms. The SMILES string of the molecule is C[C@H](NS(=O)(=O)c1ccc(OCC(=O)N2CCN(c3cccc(C(F)(F)F)c3)CC2)cc1)c1ccccc1. The van der Waals surface area contributed by atoms with Crippen molar-refractivity contribution in [3.63, 3.8) is 0 Å². The highest BCUT2D eigenvalue weighted by Gasteiger charge is 2.31. The monoisotopic (exact) mass is 547 g/mol. The zero-order chi connectivity index (χ0) is 27.3. The molecule has 0 unspecified atom stereocenters. The molecule has 0 aromatic heterocycles. The fourth-order valence-corrected chi connectivity index (χ4v) is 5.39. The first kappa shape index (κ1) is 27.5. The third kappa shape index (κ3) is 6.84. The van der Waals surface area contributed by atoms with Gasteiger partial charge in [0.15, 0.2) is 6.61 Å². The van der Waals surface area contributed by atoms with Crippen molar-refractivity contribution in [3.05, 3.63) is 90.0 Å². The number of carbonyl (C=O) groups is 1. The molecule has 3 aromatic carbocycles. The van der Waals surface area contributed by atoms with Crippen LogP contribution in [0.4, 0.5) is 18.9 Å². The smallest absolute Gasteiger partial charge is 0.416 e. The molecule has 3 aromatic rings. The lowest BCUT2D eigenvalue weighted by atomic mass is 10.1. The van der Waals surface area contributed by atoms with Crippen molar-refractivity contribution in [2.45, 2.75) is 24.0 Å². The van der Waals surface area contributed by atoms with Gasteiger partial charge in [-0.15, -0.1) is 0 Å². The number of alkyl halides is 3. The van der Waals surface area contributed by atoms with E-state index in [0.717, 1.165) is 17.7 Å². The molecule has 202 valence electrons. The van der Waals surface area contributed by atoms with Crippen molar-refractivity contribution in [2.75, 3.05) is 37.7 Å². The van der Waals surface area contributed by atoms with Gasteiger partial charge in [0.05, 0.1) is 10.5 Å². The predicted octanol–water partition coefficient (Wildman–Crippen LogP) is 4.47. The molecular weight excluding hydrogens is 519 g/mol. The summed E-state index contributed by atoms with van der Waals surface area (Å²) < 4.78 is 72.7. The van der Waals surface area contributed by atoms with Gasteiger partial charge in [-0.2, -0.15) is 13.2 Å². The Morgan fingerprint density at radius 2 is 1.61 bits per heavy atom. The van der Waals surface area contributed by atoms with Crippen LogP contribution in [0.5, 0.6) is 5.75 Å². The zero-order valence-electron chi connectivity index (χ0n) is 20.7. The summed E-state index contributed by atoms with van der Waals surface area (Å²) in [6.07, 6.45) is -4.41. The number of hydrogen-bond acceptors (Lipinski definition) is 5. The number of amides is 1. The number of anilines is 1. The van der Waals surface area contributed by atoms with Crippen LogP contribution in [0.3, 0.4) is 0 Å². The molecule has 1 heterocycles. The van der Waals surface area contributed by atoms with Gasteiger partial charge in [-0.25, -0.2) is 13.1 Å². The summed E-state index contributed by atoms with van der Waals surface area (Å²) in [4.78, 5) is 16.1. The molecule has 11 heteroatoms. The van der Waals surface area contributed by atoms with Gasteiger partial charge in [0, 0.05) is 37.9 Å². The van der Waals surface area contributed by atoms with Crippen LogP contribution in [0.1, 0.15) is 24.1 Å². The number of benzene rings is 3. The Bertz CT molecular complexity index is 1340. The third-order valence-corrected chi connectivity index (χ3v) is 7.86. The number of carbonyl (C=O) groups excluding carboxylic acids is 1. The normalized spacial score (nSPS) is 15.3. The Labute approximate surface area is 219 Å². The number of halogens is 3. The molecule has 1 aliphatic heterocycles. The van der Waals surface area contributed by atoms with E-state index >= 15 is 0 Å². The molecule has 1 amide bonds. The third-order valence-electron chi connectivity index (χ3n) is 6.30. The van der Waals surface area contributed by atoms with E-state index in [4.69, 9.17) is 4.74 Å². The van der Waals surface area contributed by atoms with Crippen LogP contribution < -0.4 is 14.4 Å². The topological polar surface area (TPSA) is 78.9 Å². The first-order valence-electron chi connectivity index (χ1n) is 12.0. The van der Waals surface area contributed by atoms with Crippen molar-refractivity contribution in [2.24, 2.45) is 0 Å². The maximum Gasteiger partial charge on any atom is 0.416 e. The van der Waals surface area contributed by atoms with Crippen LogP contribution in [0.25, 0.3) is 0 Å². The Hall–Kier alpha value is -3.57. The van der Waals surface area contributed by atoms with Gasteiger partial charge in [-0.1, -0.05) is 36.4 Å². The molecule has 7 nitrogen and oxygen atoms in total. The lowest BCUT2D eigenvalue weighted by Crippen LogP contribution is -2.50. The van der Waals surface area contributed by atoms with E-state index < -0.39 is 27.8 Å². The minimum atomic E-state index is -4.41. The first-order chi connectivity index (χ1) is 18.0. The standard InChI is InChI=1S/C27H28F3N3O4S/c1-20(21-6-3-2-4-7-21)31-38(35,36)25-12-10-24(11-13-25)37-19-26(34)33-16-14-32(15-17-33)23-9-5-8-22(18-23)27(28,29)30/h2-13,18,20,31H,14-17,19H2,1H3/t20-/m0/s1. The van der Waals surface area contributed by atoms with Crippen LogP contribution in [-0.2, 0) is 21.0 Å². The highest BCUT2D eigenvalue weighted by molar-refractivity contribution is 7.89. The van der Waals surface area contributed by atoms with E-state index in [1.165, 1.54) is 30.3 Å². The molecule has 1 saturated heterocycles. The van der Waals surface area contributed by atoms with Gasteiger partial charge in [-0.3, -0.25) is 4.79 Å². The molecular formula is C27H28F3N3O4S. The fraction of sp³-hybridized carbons (Fsp3) is 0.296. The molecule has 0 radical (unpaired) electrons. The van der Waals surface area contributed by atoms with Gasteiger partial charge < -0.3 is 14.5 Å². The number of nitrogens with one attached hydrogen (secondary N) is 1. The van der Waals surface area contributed by atoms with Gasteiger partial charge >= 0.3 is 6.18 Å². The number of rotatable bonds is 8. The van der Waals surface area contributed by atoms with Gasteiger partial charge in [0.1, 0.15) is 5.75 Å². The van der Waals surface area contributed by atoms with E-state index in [2.05, 4.69) is 4.72 Å². The van der Waals surface area contributed by atoms with Gasteiger partial charge in [0.2, 0.25) is 10.0 Å². The Balaban J connectivity index is 1.27. The Morgan fingerprint density at radius 1 is 0.947 bits per heavy atom. The van der Waals surface area contributed by atoms with Crippen LogP contribution in [0, 0.1) is 0 Å². The fourth-order valence-electron chi connectivity index (χ4n) is 4.15. The van der Waals surface area contributed by atoms with Crippen molar-refractivity contribution >= 4 is 21.6 Å². The average Bonchev–Trinajstić information content (AvgIpc) is 2.92. The van der Waals surface area contributed by atoms with Crippen molar-refractivity contribution in [3.8, 4) is 5.75 Å². The molecule has 1 fully saturated rings. The summed E-state index contributed by atoms with van der Waals surface area (Å²) >= 11 is 0. The van der Waals surface area contributed by atoms with E-state index in [-0.39, 0.29) is 17.4 Å². The van der Waals surface area contributed by atoms with Gasteiger partial charge in [-0.05, 0) is 55.0 Å². The molecule has 1 N–H and O–H groups in total. The number of hydrogen-bond donors (Lipinski definition) is 1. The van der Waals surface area contributed by atoms with Crippen LogP contribution in [-0.4, -0.2) is 52.0 Å². The van der Waals surface area contributed by atoms with Crippen LogP contribution >= 0.6 is 0 Å². The van der Waals surface area contributed by atoms with E-state index in [9.17, 15) is 26.4 Å². The number of piperazine rings is 1. The van der Waals surface area contributed by atoms with E-state index in [0.29, 0.717) is 37.6 Å². The summed E-state index contributed by atoms with van der Waals surface area (Å²) in [5, 5.41) is 0. The Morgan fingerprint density at radius 3 is 2.24 bits per heavy atom. The molecule has 1 atom stereocenters. The maximum absolute atomic E-state index is 13.0. The zero-order valence-corrected chi connectivity index (χ0v) is 21.5. The van der Waals surface area contributed by atoms with Crippen molar-refractivity contribution in [1.82, 2.24) is 9.62 Å². The highest BCUT2D eigenvalue weighted by Crippen LogP contribution is 2.32.